The van der Waals surface area contributed by atoms with E-state index < -0.39 is 10.0 Å². The largest absolute Gasteiger partial charge is 0.378 e. The number of anilines is 1. The molecule has 4 nitrogen and oxygen atoms in total. The number of nitrogens with one attached hydrogen (secondary N) is 1. The molecule has 2 aromatic rings. The highest BCUT2D eigenvalue weighted by atomic mass is 127. The van der Waals surface area contributed by atoms with Crippen LogP contribution in [0.5, 0.6) is 0 Å². The molecule has 2 rings (SSSR count). The van der Waals surface area contributed by atoms with Crippen molar-refractivity contribution >= 4 is 38.3 Å². The molecule has 20 heavy (non-hydrogen) atoms. The third-order valence-corrected chi connectivity index (χ3v) is 4.82. The van der Waals surface area contributed by atoms with Crippen molar-refractivity contribution in [3.05, 3.63) is 57.7 Å². The van der Waals surface area contributed by atoms with Gasteiger partial charge in [0.25, 0.3) is 0 Å². The van der Waals surface area contributed by atoms with Gasteiger partial charge in [0.2, 0.25) is 10.0 Å². The van der Waals surface area contributed by atoms with Crippen LogP contribution in [0.25, 0.3) is 0 Å². The zero-order valence-electron chi connectivity index (χ0n) is 10.9. The first-order chi connectivity index (χ1) is 9.38. The lowest BCUT2D eigenvalue weighted by Crippen LogP contribution is -2.13. The summed E-state index contributed by atoms with van der Waals surface area (Å²) < 4.78 is 23.6. The standard InChI is InChI=1S/C14H15IN2O2S/c1-10(17-14-5-3-2-4-13(14)15)11-6-8-12(9-7-11)20(16,18)19/h2-10,17H,1H3,(H2,16,18,19). The van der Waals surface area contributed by atoms with Gasteiger partial charge in [-0.2, -0.15) is 0 Å². The summed E-state index contributed by atoms with van der Waals surface area (Å²) >= 11 is 2.27. The number of para-hydroxylation sites is 1. The predicted molar refractivity (Wildman–Crippen MR) is 89.0 cm³/mol. The molecule has 1 unspecified atom stereocenters. The third-order valence-electron chi connectivity index (χ3n) is 2.95. The van der Waals surface area contributed by atoms with Gasteiger partial charge < -0.3 is 5.32 Å². The van der Waals surface area contributed by atoms with Gasteiger partial charge in [-0.1, -0.05) is 24.3 Å². The summed E-state index contributed by atoms with van der Waals surface area (Å²) in [5, 5.41) is 8.48. The van der Waals surface area contributed by atoms with Crippen LogP contribution < -0.4 is 10.5 Å². The summed E-state index contributed by atoms with van der Waals surface area (Å²) in [4.78, 5) is 0.128. The molecular weight excluding hydrogens is 387 g/mol. The van der Waals surface area contributed by atoms with Gasteiger partial charge in [0.05, 0.1) is 4.90 Å². The lowest BCUT2D eigenvalue weighted by molar-refractivity contribution is 0.597. The molecule has 2 aromatic carbocycles. The average Bonchev–Trinajstić information content (AvgIpc) is 2.40. The van der Waals surface area contributed by atoms with Crippen LogP contribution in [0.1, 0.15) is 18.5 Å². The molecule has 0 fully saturated rings. The van der Waals surface area contributed by atoms with Gasteiger partial charge in [0, 0.05) is 15.3 Å². The first kappa shape index (κ1) is 15.3. The molecule has 0 saturated carbocycles. The van der Waals surface area contributed by atoms with Crippen molar-refractivity contribution in [2.75, 3.05) is 5.32 Å². The lowest BCUT2D eigenvalue weighted by Gasteiger charge is -2.17. The zero-order valence-corrected chi connectivity index (χ0v) is 13.9. The Labute approximate surface area is 132 Å². The second-order valence-electron chi connectivity index (χ2n) is 4.46. The van der Waals surface area contributed by atoms with Crippen LogP contribution in [0.15, 0.2) is 53.4 Å². The topological polar surface area (TPSA) is 72.2 Å². The molecule has 0 spiro atoms. The van der Waals surface area contributed by atoms with Crippen LogP contribution in [-0.2, 0) is 10.0 Å². The van der Waals surface area contributed by atoms with E-state index in [-0.39, 0.29) is 10.9 Å². The van der Waals surface area contributed by atoms with Gasteiger partial charge in [0.15, 0.2) is 0 Å². The van der Waals surface area contributed by atoms with Gasteiger partial charge in [-0.3, -0.25) is 0 Å². The van der Waals surface area contributed by atoms with Crippen LogP contribution in [0.3, 0.4) is 0 Å². The molecule has 1 atom stereocenters. The van der Waals surface area contributed by atoms with Crippen molar-refractivity contribution in [2.45, 2.75) is 17.9 Å². The Morgan fingerprint density at radius 1 is 1.10 bits per heavy atom. The number of sulfonamides is 1. The summed E-state index contributed by atoms with van der Waals surface area (Å²) in [6.45, 7) is 2.02. The molecule has 0 bridgehead atoms. The third kappa shape index (κ3) is 3.71. The molecule has 6 heteroatoms. The molecule has 0 aliphatic rings. The van der Waals surface area contributed by atoms with Crippen LogP contribution in [0.4, 0.5) is 5.69 Å². The minimum Gasteiger partial charge on any atom is -0.378 e. The second kappa shape index (κ2) is 6.11. The van der Waals surface area contributed by atoms with E-state index >= 15 is 0 Å². The monoisotopic (exact) mass is 402 g/mol. The maximum atomic E-state index is 11.2. The van der Waals surface area contributed by atoms with E-state index in [1.54, 1.807) is 12.1 Å². The fourth-order valence-corrected chi connectivity index (χ4v) is 2.90. The molecule has 0 heterocycles. The quantitative estimate of drug-likeness (QED) is 0.773. The van der Waals surface area contributed by atoms with E-state index in [1.165, 1.54) is 12.1 Å². The van der Waals surface area contributed by atoms with Gasteiger partial charge >= 0.3 is 0 Å². The van der Waals surface area contributed by atoms with E-state index in [4.69, 9.17) is 5.14 Å². The fraction of sp³-hybridized carbons (Fsp3) is 0.143. The Morgan fingerprint density at radius 2 is 1.70 bits per heavy atom. The molecule has 0 aliphatic carbocycles. The Balaban J connectivity index is 2.18. The van der Waals surface area contributed by atoms with E-state index in [1.807, 2.05) is 31.2 Å². The summed E-state index contributed by atoms with van der Waals surface area (Å²) in [5.41, 5.74) is 2.05. The first-order valence-corrected chi connectivity index (χ1v) is 8.64. The Hall–Kier alpha value is -1.12. The predicted octanol–water partition coefficient (Wildman–Crippen LogP) is 3.11. The van der Waals surface area contributed by atoms with Crippen LogP contribution in [-0.4, -0.2) is 8.42 Å². The van der Waals surface area contributed by atoms with Crippen LogP contribution >= 0.6 is 22.6 Å². The van der Waals surface area contributed by atoms with E-state index in [9.17, 15) is 8.42 Å². The minimum atomic E-state index is -3.63. The highest BCUT2D eigenvalue weighted by Crippen LogP contribution is 2.24. The van der Waals surface area contributed by atoms with E-state index in [2.05, 4.69) is 27.9 Å². The number of nitrogens with two attached hydrogens (primary N) is 1. The average molecular weight is 402 g/mol. The second-order valence-corrected chi connectivity index (χ2v) is 7.18. The van der Waals surface area contributed by atoms with E-state index in [0.717, 1.165) is 14.8 Å². The molecule has 0 radical (unpaired) electrons. The molecule has 0 aromatic heterocycles. The highest BCUT2D eigenvalue weighted by Gasteiger charge is 2.10. The van der Waals surface area contributed by atoms with Crippen molar-refractivity contribution in [2.24, 2.45) is 5.14 Å². The number of hydrogen-bond donors (Lipinski definition) is 2. The molecule has 3 N–H and O–H groups in total. The van der Waals surface area contributed by atoms with Gasteiger partial charge in [-0.25, -0.2) is 13.6 Å². The normalized spacial score (nSPS) is 12.9. The number of hydrogen-bond acceptors (Lipinski definition) is 3. The Morgan fingerprint density at radius 3 is 2.25 bits per heavy atom. The minimum absolute atomic E-state index is 0.0699. The highest BCUT2D eigenvalue weighted by molar-refractivity contribution is 14.1. The summed E-state index contributed by atoms with van der Waals surface area (Å²) in [7, 11) is -3.63. The van der Waals surface area contributed by atoms with Crippen molar-refractivity contribution in [1.82, 2.24) is 0 Å². The number of primary sulfonamides is 1. The van der Waals surface area contributed by atoms with Crippen molar-refractivity contribution < 1.29 is 8.42 Å². The SMILES string of the molecule is CC(Nc1ccccc1I)c1ccc(S(N)(=O)=O)cc1. The molecule has 106 valence electrons. The summed E-state index contributed by atoms with van der Waals surface area (Å²) in [6.07, 6.45) is 0. The fourth-order valence-electron chi connectivity index (χ4n) is 1.84. The molecule has 0 saturated heterocycles. The van der Waals surface area contributed by atoms with Gasteiger partial charge in [-0.05, 0) is 59.3 Å². The summed E-state index contributed by atoms with van der Waals surface area (Å²) in [6, 6.07) is 14.7. The van der Waals surface area contributed by atoms with Crippen LogP contribution in [0, 0.1) is 3.57 Å². The molecule has 0 amide bonds. The maximum Gasteiger partial charge on any atom is 0.238 e. The smallest absolute Gasteiger partial charge is 0.238 e. The maximum absolute atomic E-state index is 11.2. The first-order valence-electron chi connectivity index (χ1n) is 6.02. The number of benzene rings is 2. The Bertz CT molecular complexity index is 699. The van der Waals surface area contributed by atoms with Crippen molar-refractivity contribution in [3.8, 4) is 0 Å². The Kier molecular flexibility index (Phi) is 4.66. The van der Waals surface area contributed by atoms with Crippen molar-refractivity contribution in [3.63, 3.8) is 0 Å². The van der Waals surface area contributed by atoms with Crippen LogP contribution in [0.2, 0.25) is 0 Å². The lowest BCUT2D eigenvalue weighted by atomic mass is 10.1. The zero-order chi connectivity index (χ0) is 14.8. The van der Waals surface area contributed by atoms with E-state index in [0.29, 0.717) is 0 Å². The van der Waals surface area contributed by atoms with Gasteiger partial charge in [0.1, 0.15) is 0 Å². The molecular formula is C14H15IN2O2S. The number of rotatable bonds is 4. The summed E-state index contributed by atoms with van der Waals surface area (Å²) in [5.74, 6) is 0. The number of halogens is 1. The molecule has 0 aliphatic heterocycles. The van der Waals surface area contributed by atoms with Gasteiger partial charge in [-0.15, -0.1) is 0 Å². The van der Waals surface area contributed by atoms with Crippen molar-refractivity contribution in [1.29, 1.82) is 0 Å².